The maximum atomic E-state index is 11.7. The van der Waals surface area contributed by atoms with Gasteiger partial charge in [0.2, 0.25) is 6.29 Å². The van der Waals surface area contributed by atoms with Crippen LogP contribution >= 0.6 is 0 Å². The third-order valence-electron chi connectivity index (χ3n) is 1.94. The number of aliphatic hydroxyl groups is 4. The molecule has 1 aliphatic heterocycles. The van der Waals surface area contributed by atoms with Gasteiger partial charge in [-0.05, 0) is 4.53 Å². The van der Waals surface area contributed by atoms with E-state index in [1.54, 1.807) is 0 Å². The highest BCUT2D eigenvalue weighted by atomic mass is 19.3. The van der Waals surface area contributed by atoms with Crippen LogP contribution in [0.4, 0.5) is 4.53 Å². The van der Waals surface area contributed by atoms with Crippen molar-refractivity contribution in [2.45, 2.75) is 30.7 Å². The predicted octanol–water partition coefficient (Wildman–Crippen LogP) is -2.31. The van der Waals surface area contributed by atoms with E-state index in [0.717, 1.165) is 0 Å². The zero-order valence-electron chi connectivity index (χ0n) is 6.58. The first-order valence-corrected chi connectivity index (χ1v) is 3.69. The molecule has 1 saturated heterocycles. The van der Waals surface area contributed by atoms with Gasteiger partial charge in [-0.2, -0.15) is 4.94 Å². The van der Waals surface area contributed by atoms with Gasteiger partial charge < -0.3 is 25.2 Å². The van der Waals surface area contributed by atoms with Crippen LogP contribution in [0.1, 0.15) is 0 Å². The van der Waals surface area contributed by atoms with Gasteiger partial charge >= 0.3 is 0 Å². The summed E-state index contributed by atoms with van der Waals surface area (Å²) in [6, 6.07) is 0. The van der Waals surface area contributed by atoms with E-state index in [-0.39, 0.29) is 0 Å². The second kappa shape index (κ2) is 4.27. The van der Waals surface area contributed by atoms with Crippen LogP contribution in [0.25, 0.3) is 0 Å². The molecule has 0 aliphatic carbocycles. The smallest absolute Gasteiger partial charge is 0.225 e. The number of rotatable bonds is 2. The fourth-order valence-electron chi connectivity index (χ4n) is 1.14. The van der Waals surface area contributed by atoms with Crippen LogP contribution in [0, 0.1) is 0 Å². The Hall–Kier alpha value is -0.310. The third kappa shape index (κ3) is 1.96. The summed E-state index contributed by atoms with van der Waals surface area (Å²) in [5.41, 5.74) is 0. The van der Waals surface area contributed by atoms with E-state index >= 15 is 0 Å². The summed E-state index contributed by atoms with van der Waals surface area (Å²) in [5, 5.41) is 35.9. The van der Waals surface area contributed by atoms with Gasteiger partial charge in [0.15, 0.2) is 0 Å². The van der Waals surface area contributed by atoms with E-state index < -0.39 is 37.3 Å². The Labute approximate surface area is 73.0 Å². The zero-order chi connectivity index (χ0) is 10.0. The quantitative estimate of drug-likeness (QED) is 0.398. The van der Waals surface area contributed by atoms with Crippen LogP contribution in [0.3, 0.4) is 0 Å². The van der Waals surface area contributed by atoms with Gasteiger partial charge in [0.05, 0.1) is 6.61 Å². The summed E-state index contributed by atoms with van der Waals surface area (Å²) in [4.78, 5) is 3.20. The van der Waals surface area contributed by atoms with Crippen LogP contribution in [0.2, 0.25) is 0 Å². The van der Waals surface area contributed by atoms with Gasteiger partial charge in [-0.3, -0.25) is 0 Å². The first kappa shape index (κ1) is 10.8. The van der Waals surface area contributed by atoms with E-state index in [2.05, 4.69) is 9.68 Å². The molecule has 78 valence electrons. The number of hydrogen-bond acceptors (Lipinski definition) is 6. The fraction of sp³-hybridized carbons (Fsp3) is 1.00. The molecule has 0 aromatic carbocycles. The highest BCUT2D eigenvalue weighted by Crippen LogP contribution is 2.21. The zero-order valence-corrected chi connectivity index (χ0v) is 6.58. The van der Waals surface area contributed by atoms with Crippen LogP contribution in [0.5, 0.6) is 0 Å². The van der Waals surface area contributed by atoms with Gasteiger partial charge in [0, 0.05) is 0 Å². The third-order valence-corrected chi connectivity index (χ3v) is 1.94. The Morgan fingerprint density at radius 2 is 1.77 bits per heavy atom. The molecule has 6 nitrogen and oxygen atoms in total. The van der Waals surface area contributed by atoms with Crippen molar-refractivity contribution in [3.05, 3.63) is 0 Å². The van der Waals surface area contributed by atoms with Crippen LogP contribution in [-0.2, 0) is 9.68 Å². The van der Waals surface area contributed by atoms with Crippen molar-refractivity contribution in [2.24, 2.45) is 0 Å². The highest BCUT2D eigenvalue weighted by Gasteiger charge is 2.44. The Bertz CT molecular complexity index is 147. The monoisotopic (exact) mass is 198 g/mol. The number of halogens is 1. The lowest BCUT2D eigenvalue weighted by molar-refractivity contribution is -0.361. The predicted molar refractivity (Wildman–Crippen MR) is 36.0 cm³/mol. The lowest BCUT2D eigenvalue weighted by atomic mass is 9.99. The molecule has 0 amide bonds. The Morgan fingerprint density at radius 3 is 2.23 bits per heavy atom. The van der Waals surface area contributed by atoms with E-state index in [0.29, 0.717) is 0 Å². The summed E-state index contributed by atoms with van der Waals surface area (Å²) < 4.78 is 16.3. The molecule has 0 radical (unpaired) electrons. The lowest BCUT2D eigenvalue weighted by Crippen LogP contribution is -2.58. The lowest BCUT2D eigenvalue weighted by Gasteiger charge is -2.37. The van der Waals surface area contributed by atoms with Crippen molar-refractivity contribution in [3.63, 3.8) is 0 Å². The largest absolute Gasteiger partial charge is 0.394 e. The van der Waals surface area contributed by atoms with Crippen molar-refractivity contribution < 1.29 is 34.6 Å². The van der Waals surface area contributed by atoms with Crippen LogP contribution in [0.15, 0.2) is 0 Å². The van der Waals surface area contributed by atoms with Crippen LogP contribution < -0.4 is 0 Å². The minimum absolute atomic E-state index is 0.606. The average Bonchev–Trinajstić information content (AvgIpc) is 2.15. The molecule has 1 heterocycles. The molecule has 5 atom stereocenters. The molecule has 1 aliphatic rings. The van der Waals surface area contributed by atoms with Crippen molar-refractivity contribution in [1.82, 2.24) is 0 Å². The first-order valence-electron chi connectivity index (χ1n) is 3.69. The molecule has 0 saturated carbocycles. The Balaban J connectivity index is 2.66. The number of aliphatic hydroxyl groups excluding tert-OH is 4. The molecule has 4 N–H and O–H groups in total. The van der Waals surface area contributed by atoms with Crippen molar-refractivity contribution in [3.8, 4) is 0 Å². The molecule has 0 aromatic rings. The normalized spacial score (nSPS) is 46.4. The van der Waals surface area contributed by atoms with Crippen molar-refractivity contribution >= 4 is 0 Å². The van der Waals surface area contributed by atoms with Gasteiger partial charge in [-0.25, -0.2) is 0 Å². The molecule has 0 bridgehead atoms. The topological polar surface area (TPSA) is 99.4 Å². The van der Waals surface area contributed by atoms with Crippen molar-refractivity contribution in [1.29, 1.82) is 0 Å². The minimum atomic E-state index is -1.68. The molecule has 1 unspecified atom stereocenters. The van der Waals surface area contributed by atoms with Gasteiger partial charge in [-0.1, -0.05) is 0 Å². The van der Waals surface area contributed by atoms with E-state index in [4.69, 9.17) is 20.4 Å². The molecule has 1 fully saturated rings. The van der Waals surface area contributed by atoms with Crippen LogP contribution in [-0.4, -0.2) is 57.7 Å². The molecular formula is C6H11FO6. The number of ether oxygens (including phenoxy) is 1. The Kier molecular flexibility index (Phi) is 3.54. The second-order valence-electron chi connectivity index (χ2n) is 2.79. The average molecular weight is 198 g/mol. The maximum Gasteiger partial charge on any atom is 0.225 e. The molecule has 0 aromatic heterocycles. The fourth-order valence-corrected chi connectivity index (χ4v) is 1.14. The molecule has 1 rings (SSSR count). The summed E-state index contributed by atoms with van der Waals surface area (Å²) in [6.07, 6.45) is -7.60. The molecule has 0 spiro atoms. The number of hydrogen-bond donors (Lipinski definition) is 4. The summed E-state index contributed by atoms with van der Waals surface area (Å²) in [5.74, 6) is 0. The summed E-state index contributed by atoms with van der Waals surface area (Å²) >= 11 is 0. The highest BCUT2D eigenvalue weighted by molar-refractivity contribution is 4.88. The van der Waals surface area contributed by atoms with Gasteiger partial charge in [-0.15, -0.1) is 0 Å². The van der Waals surface area contributed by atoms with Gasteiger partial charge in [0.1, 0.15) is 24.4 Å². The molecular weight excluding hydrogens is 187 g/mol. The Morgan fingerprint density at radius 1 is 1.15 bits per heavy atom. The molecule has 13 heavy (non-hydrogen) atoms. The summed E-state index contributed by atoms with van der Waals surface area (Å²) in [6.45, 7) is -0.606. The summed E-state index contributed by atoms with van der Waals surface area (Å²) in [7, 11) is 0. The standard InChI is InChI=1S/C6H11FO6/c7-13-6-5(11)4(10)3(9)2(1-8)12-6/h2-6,8-11H,1H2/t2-,3-,4+,5+,6?/m1/s1. The van der Waals surface area contributed by atoms with E-state index in [9.17, 15) is 4.53 Å². The minimum Gasteiger partial charge on any atom is -0.394 e. The first-order chi connectivity index (χ1) is 6.11. The molecule has 7 heteroatoms. The van der Waals surface area contributed by atoms with E-state index in [1.807, 2.05) is 0 Å². The maximum absolute atomic E-state index is 11.7. The SMILES string of the molecule is OC[C@H]1OC(OF)[C@@H](O)[C@@H](O)[C@@H]1O. The van der Waals surface area contributed by atoms with Gasteiger partial charge in [0.25, 0.3) is 0 Å². The van der Waals surface area contributed by atoms with E-state index in [1.165, 1.54) is 0 Å². The second-order valence-corrected chi connectivity index (χ2v) is 2.79. The van der Waals surface area contributed by atoms with Crippen molar-refractivity contribution in [2.75, 3.05) is 6.61 Å².